The highest BCUT2D eigenvalue weighted by Crippen LogP contribution is 2.20. The average Bonchev–Trinajstić information content (AvgIpc) is 2.98. The van der Waals surface area contributed by atoms with Gasteiger partial charge in [0.1, 0.15) is 5.82 Å². The first-order chi connectivity index (χ1) is 9.53. The number of hydrogen-bond acceptors (Lipinski definition) is 5. The molecule has 8 nitrogen and oxygen atoms in total. The average molecular weight is 302 g/mol. The third kappa shape index (κ3) is 3.56. The van der Waals surface area contributed by atoms with Crippen molar-refractivity contribution < 1.29 is 17.9 Å². The van der Waals surface area contributed by atoms with Crippen LogP contribution in [0.4, 0.5) is 0 Å². The first kappa shape index (κ1) is 14.9. The third-order valence-electron chi connectivity index (χ3n) is 3.31. The normalized spacial score (nSPS) is 18.1. The van der Waals surface area contributed by atoms with Crippen molar-refractivity contribution >= 4 is 16.2 Å². The van der Waals surface area contributed by atoms with Crippen LogP contribution in [0.5, 0.6) is 0 Å². The molecule has 1 saturated heterocycles. The summed E-state index contributed by atoms with van der Waals surface area (Å²) >= 11 is 0. The van der Waals surface area contributed by atoms with Crippen molar-refractivity contribution in [1.29, 1.82) is 0 Å². The van der Waals surface area contributed by atoms with Gasteiger partial charge in [-0.15, -0.1) is 0 Å². The molecule has 0 aromatic carbocycles. The summed E-state index contributed by atoms with van der Waals surface area (Å²) in [5, 5.41) is 0. The Balaban J connectivity index is 1.87. The first-order valence-electron chi connectivity index (χ1n) is 6.34. The number of H-pyrrole nitrogens is 1. The van der Waals surface area contributed by atoms with E-state index in [0.29, 0.717) is 31.8 Å². The van der Waals surface area contributed by atoms with Crippen molar-refractivity contribution in [2.45, 2.75) is 19.4 Å². The first-order valence-corrected chi connectivity index (χ1v) is 7.78. The number of nitrogens with zero attached hydrogens (tertiary/aromatic N) is 2. The van der Waals surface area contributed by atoms with Crippen LogP contribution in [0.1, 0.15) is 18.7 Å². The zero-order valence-electron chi connectivity index (χ0n) is 11.2. The van der Waals surface area contributed by atoms with Gasteiger partial charge in [-0.1, -0.05) is 0 Å². The van der Waals surface area contributed by atoms with Crippen molar-refractivity contribution in [1.82, 2.24) is 19.0 Å². The van der Waals surface area contributed by atoms with E-state index < -0.39 is 10.2 Å². The number of aromatic amines is 1. The lowest BCUT2D eigenvalue weighted by molar-refractivity contribution is -0.146. The quantitative estimate of drug-likeness (QED) is 0.722. The second-order valence-electron chi connectivity index (χ2n) is 4.56. The Bertz CT molecular complexity index is 535. The lowest BCUT2D eigenvalue weighted by Gasteiger charge is -2.29. The van der Waals surface area contributed by atoms with Crippen LogP contribution in [-0.2, 0) is 26.3 Å². The minimum atomic E-state index is -3.54. The summed E-state index contributed by atoms with van der Waals surface area (Å²) in [6, 6.07) is 0. The lowest BCUT2D eigenvalue weighted by Crippen LogP contribution is -2.45. The van der Waals surface area contributed by atoms with E-state index in [9.17, 15) is 13.2 Å². The fourth-order valence-corrected chi connectivity index (χ4v) is 3.34. The molecule has 1 aliphatic heterocycles. The number of rotatable bonds is 5. The molecule has 20 heavy (non-hydrogen) atoms. The van der Waals surface area contributed by atoms with E-state index in [1.165, 1.54) is 11.4 Å². The smallest absolute Gasteiger partial charge is 0.308 e. The van der Waals surface area contributed by atoms with Crippen molar-refractivity contribution in [3.63, 3.8) is 0 Å². The van der Waals surface area contributed by atoms with E-state index in [1.807, 2.05) is 0 Å². The molecule has 0 unspecified atom stereocenters. The summed E-state index contributed by atoms with van der Waals surface area (Å²) in [4.78, 5) is 18.2. The Labute approximate surface area is 117 Å². The van der Waals surface area contributed by atoms with Crippen molar-refractivity contribution in [3.8, 4) is 0 Å². The number of ether oxygens (including phenoxy) is 1. The van der Waals surface area contributed by atoms with Gasteiger partial charge in [-0.2, -0.15) is 17.4 Å². The van der Waals surface area contributed by atoms with Gasteiger partial charge < -0.3 is 9.72 Å². The summed E-state index contributed by atoms with van der Waals surface area (Å²) in [5.41, 5.74) is 0. The molecule has 0 bridgehead atoms. The predicted molar refractivity (Wildman–Crippen MR) is 70.7 cm³/mol. The summed E-state index contributed by atoms with van der Waals surface area (Å²) in [5.74, 6) is 0.0696. The highest BCUT2D eigenvalue weighted by Gasteiger charge is 2.31. The molecule has 0 saturated carbocycles. The topological polar surface area (TPSA) is 104 Å². The molecule has 1 aromatic rings. The van der Waals surface area contributed by atoms with Crippen LogP contribution in [0.15, 0.2) is 12.4 Å². The van der Waals surface area contributed by atoms with Gasteiger partial charge in [0.2, 0.25) is 0 Å². The van der Waals surface area contributed by atoms with Crippen LogP contribution >= 0.6 is 0 Å². The number of esters is 1. The number of piperidine rings is 1. The highest BCUT2D eigenvalue weighted by atomic mass is 32.2. The largest absolute Gasteiger partial charge is 0.469 e. The molecule has 0 spiro atoms. The molecule has 1 fully saturated rings. The number of carbonyl (C=O) groups excluding carboxylic acids is 1. The van der Waals surface area contributed by atoms with E-state index in [1.54, 1.807) is 12.4 Å². The maximum absolute atomic E-state index is 12.1. The van der Waals surface area contributed by atoms with Crippen LogP contribution in [-0.4, -0.2) is 48.9 Å². The van der Waals surface area contributed by atoms with E-state index in [2.05, 4.69) is 19.4 Å². The van der Waals surface area contributed by atoms with Crippen molar-refractivity contribution in [2.24, 2.45) is 5.92 Å². The molecule has 2 heterocycles. The summed E-state index contributed by atoms with van der Waals surface area (Å²) < 4.78 is 32.7. The van der Waals surface area contributed by atoms with Crippen molar-refractivity contribution in [3.05, 3.63) is 18.2 Å². The van der Waals surface area contributed by atoms with Gasteiger partial charge in [0.25, 0.3) is 10.2 Å². The maximum Gasteiger partial charge on any atom is 0.308 e. The minimum Gasteiger partial charge on any atom is -0.469 e. The van der Waals surface area contributed by atoms with E-state index >= 15 is 0 Å². The Morgan fingerprint density at radius 3 is 2.80 bits per heavy atom. The van der Waals surface area contributed by atoms with Gasteiger partial charge in [-0.25, -0.2) is 4.98 Å². The fraction of sp³-hybridized carbons (Fsp3) is 0.636. The van der Waals surface area contributed by atoms with Crippen LogP contribution in [0.3, 0.4) is 0 Å². The van der Waals surface area contributed by atoms with Gasteiger partial charge in [0, 0.05) is 25.5 Å². The number of methoxy groups -OCH3 is 1. The molecule has 1 aromatic heterocycles. The molecular weight excluding hydrogens is 284 g/mol. The molecule has 2 N–H and O–H groups in total. The molecular formula is C11H18N4O4S. The van der Waals surface area contributed by atoms with Crippen LogP contribution in [0, 0.1) is 5.92 Å². The number of aromatic nitrogens is 2. The summed E-state index contributed by atoms with van der Waals surface area (Å²) in [6.07, 6.45) is 4.15. The molecule has 0 aliphatic carbocycles. The fourth-order valence-electron chi connectivity index (χ4n) is 2.14. The Morgan fingerprint density at radius 1 is 1.55 bits per heavy atom. The van der Waals surface area contributed by atoms with E-state index in [-0.39, 0.29) is 18.4 Å². The van der Waals surface area contributed by atoms with Crippen molar-refractivity contribution in [2.75, 3.05) is 20.2 Å². The minimum absolute atomic E-state index is 0.117. The molecule has 1 aliphatic rings. The van der Waals surface area contributed by atoms with Crippen LogP contribution < -0.4 is 4.72 Å². The standard InChI is InChI=1S/C11H18N4O4S/c1-19-11(16)9-2-6-15(7-3-9)20(17,18)14-8-10-12-4-5-13-10/h4-5,9,14H,2-3,6-8H2,1H3,(H,12,13). The van der Waals surface area contributed by atoms with Crippen LogP contribution in [0.2, 0.25) is 0 Å². The third-order valence-corrected chi connectivity index (χ3v) is 4.86. The number of imidazole rings is 1. The highest BCUT2D eigenvalue weighted by molar-refractivity contribution is 7.87. The molecule has 0 amide bonds. The zero-order chi connectivity index (χ0) is 14.6. The van der Waals surface area contributed by atoms with Gasteiger partial charge in [-0.05, 0) is 12.8 Å². The summed E-state index contributed by atoms with van der Waals surface area (Å²) in [6.45, 7) is 0.743. The number of hydrogen-bond donors (Lipinski definition) is 2. The molecule has 9 heteroatoms. The Kier molecular flexibility index (Phi) is 4.73. The van der Waals surface area contributed by atoms with Gasteiger partial charge in [0.05, 0.1) is 19.6 Å². The van der Waals surface area contributed by atoms with Gasteiger partial charge in [0.15, 0.2) is 0 Å². The van der Waals surface area contributed by atoms with Gasteiger partial charge >= 0.3 is 5.97 Å². The Morgan fingerprint density at radius 2 is 2.25 bits per heavy atom. The number of carbonyl (C=O) groups is 1. The van der Waals surface area contributed by atoms with E-state index in [4.69, 9.17) is 0 Å². The SMILES string of the molecule is COC(=O)C1CCN(S(=O)(=O)NCc2ncc[nH]2)CC1. The number of nitrogens with one attached hydrogen (secondary N) is 2. The molecule has 2 rings (SSSR count). The van der Waals surface area contributed by atoms with Crippen LogP contribution in [0.25, 0.3) is 0 Å². The monoisotopic (exact) mass is 302 g/mol. The Hall–Kier alpha value is -1.45. The maximum atomic E-state index is 12.1. The zero-order valence-corrected chi connectivity index (χ0v) is 12.0. The second kappa shape index (κ2) is 6.33. The van der Waals surface area contributed by atoms with Gasteiger partial charge in [-0.3, -0.25) is 4.79 Å². The second-order valence-corrected chi connectivity index (χ2v) is 6.31. The van der Waals surface area contributed by atoms with E-state index in [0.717, 1.165) is 0 Å². The molecule has 112 valence electrons. The summed E-state index contributed by atoms with van der Waals surface area (Å²) in [7, 11) is -2.20. The molecule has 0 radical (unpaired) electrons. The lowest BCUT2D eigenvalue weighted by atomic mass is 9.99. The molecule has 0 atom stereocenters. The predicted octanol–water partition coefficient (Wildman–Crippen LogP) is -0.371.